The molecular formula is C22H23BrN2O5S. The highest BCUT2D eigenvalue weighted by atomic mass is 79.9. The van der Waals surface area contributed by atoms with E-state index in [9.17, 15) is 13.2 Å². The number of sulfone groups is 1. The Bertz CT molecular complexity index is 1050. The molecule has 0 atom stereocenters. The second-order valence-electron chi connectivity index (χ2n) is 7.27. The summed E-state index contributed by atoms with van der Waals surface area (Å²) in [6.45, 7) is 1.55. The minimum Gasteiger partial charge on any atom is -0.481 e. The summed E-state index contributed by atoms with van der Waals surface area (Å²) < 4.78 is 31.5. The molecule has 2 aromatic rings. The molecule has 0 bridgehead atoms. The van der Waals surface area contributed by atoms with E-state index < -0.39 is 20.6 Å². The van der Waals surface area contributed by atoms with Gasteiger partial charge in [-0.1, -0.05) is 34.0 Å². The fourth-order valence-corrected chi connectivity index (χ4v) is 5.87. The van der Waals surface area contributed by atoms with Crippen LogP contribution in [-0.2, 0) is 26.0 Å². The molecule has 0 aliphatic carbocycles. The van der Waals surface area contributed by atoms with E-state index in [1.165, 1.54) is 24.3 Å². The third-order valence-electron chi connectivity index (χ3n) is 5.43. The molecule has 7 nitrogen and oxygen atoms in total. The monoisotopic (exact) mass is 506 g/mol. The largest absolute Gasteiger partial charge is 0.481 e. The van der Waals surface area contributed by atoms with Crippen molar-refractivity contribution >= 4 is 31.7 Å². The van der Waals surface area contributed by atoms with Crippen molar-refractivity contribution in [3.05, 3.63) is 58.6 Å². The van der Waals surface area contributed by atoms with Gasteiger partial charge in [0.05, 0.1) is 4.90 Å². The van der Waals surface area contributed by atoms with Gasteiger partial charge in [0.2, 0.25) is 0 Å². The lowest BCUT2D eigenvalue weighted by atomic mass is 9.95. The molecular weight excluding hydrogens is 484 g/mol. The summed E-state index contributed by atoms with van der Waals surface area (Å²) in [7, 11) is -4.06. The van der Waals surface area contributed by atoms with Gasteiger partial charge < -0.3 is 9.57 Å². The van der Waals surface area contributed by atoms with Crippen LogP contribution in [0.5, 0.6) is 5.75 Å². The van der Waals surface area contributed by atoms with Crippen molar-refractivity contribution in [1.29, 1.82) is 0 Å². The molecule has 0 unspecified atom stereocenters. The summed E-state index contributed by atoms with van der Waals surface area (Å²) >= 11 is 3.41. The van der Waals surface area contributed by atoms with Crippen molar-refractivity contribution in [2.75, 3.05) is 19.7 Å². The Hall–Kier alpha value is -2.38. The zero-order chi connectivity index (χ0) is 22.5. The molecule has 9 heteroatoms. The third-order valence-corrected chi connectivity index (χ3v) is 8.46. The molecule has 1 fully saturated rings. The summed E-state index contributed by atoms with van der Waals surface area (Å²) in [6, 6.07) is 13.7. The first-order valence-corrected chi connectivity index (χ1v) is 11.9. The molecule has 0 aromatic heterocycles. The van der Waals surface area contributed by atoms with Gasteiger partial charge in [-0.15, -0.1) is 6.42 Å². The van der Waals surface area contributed by atoms with Gasteiger partial charge in [0.1, 0.15) is 12.4 Å². The van der Waals surface area contributed by atoms with Crippen LogP contribution in [0.1, 0.15) is 18.4 Å². The molecule has 0 spiro atoms. The number of benzene rings is 2. The Labute approximate surface area is 190 Å². The molecule has 2 N–H and O–H groups in total. The third kappa shape index (κ3) is 4.93. The Morgan fingerprint density at radius 1 is 1.13 bits per heavy atom. The number of piperidine rings is 1. The number of carbonyl (C=O) groups excluding carboxylic acids is 1. The fraction of sp³-hybridized carbons (Fsp3) is 0.318. The maximum atomic E-state index is 13.5. The van der Waals surface area contributed by atoms with Crippen molar-refractivity contribution in [3.63, 3.8) is 0 Å². The van der Waals surface area contributed by atoms with Crippen LogP contribution in [0, 0.1) is 12.3 Å². The number of rotatable bonds is 7. The van der Waals surface area contributed by atoms with Crippen LogP contribution in [0.15, 0.2) is 57.9 Å². The van der Waals surface area contributed by atoms with Crippen LogP contribution in [0.4, 0.5) is 0 Å². The molecule has 164 valence electrons. The van der Waals surface area contributed by atoms with Crippen LogP contribution in [-0.4, -0.2) is 43.7 Å². The number of carbonyl (C=O) groups is 1. The van der Waals surface area contributed by atoms with Gasteiger partial charge in [-0.05, 0) is 54.8 Å². The molecule has 1 aliphatic rings. The van der Waals surface area contributed by atoms with Crippen LogP contribution in [0.25, 0.3) is 0 Å². The van der Waals surface area contributed by atoms with E-state index in [2.05, 4.69) is 31.6 Å². The van der Waals surface area contributed by atoms with Crippen LogP contribution < -0.4 is 10.6 Å². The maximum Gasteiger partial charge on any atom is 0.346 e. The molecule has 0 amide bonds. The lowest BCUT2D eigenvalue weighted by Crippen LogP contribution is -2.55. The fourth-order valence-electron chi connectivity index (χ4n) is 3.68. The molecule has 3 rings (SSSR count). The number of ether oxygens (including phenoxy) is 1. The summed E-state index contributed by atoms with van der Waals surface area (Å²) in [5.74, 6) is 6.99. The average molecular weight is 507 g/mol. The number of hydrogen-bond acceptors (Lipinski definition) is 7. The van der Waals surface area contributed by atoms with E-state index in [-0.39, 0.29) is 24.3 Å². The summed E-state index contributed by atoms with van der Waals surface area (Å²) in [5, 5.41) is 0. The summed E-state index contributed by atoms with van der Waals surface area (Å²) in [5.41, 5.74) is 1.10. The van der Waals surface area contributed by atoms with Gasteiger partial charge in [-0.3, -0.25) is 4.90 Å². The van der Waals surface area contributed by atoms with Gasteiger partial charge in [0.15, 0.2) is 14.6 Å². The Morgan fingerprint density at radius 3 is 2.29 bits per heavy atom. The number of nitrogens with zero attached hydrogens (tertiary/aromatic N) is 1. The highest BCUT2D eigenvalue weighted by Gasteiger charge is 2.54. The minimum absolute atomic E-state index is 0.00678. The number of halogens is 1. The minimum atomic E-state index is -4.06. The van der Waals surface area contributed by atoms with Gasteiger partial charge in [0, 0.05) is 24.1 Å². The van der Waals surface area contributed by atoms with Crippen LogP contribution >= 0.6 is 15.9 Å². The molecule has 31 heavy (non-hydrogen) atoms. The summed E-state index contributed by atoms with van der Waals surface area (Å²) in [6.07, 6.45) is 5.33. The Kier molecular flexibility index (Phi) is 7.38. The first kappa shape index (κ1) is 23.3. The second-order valence-corrected chi connectivity index (χ2v) is 10.4. The predicted molar refractivity (Wildman–Crippen MR) is 120 cm³/mol. The summed E-state index contributed by atoms with van der Waals surface area (Å²) in [4.78, 5) is 19.2. The van der Waals surface area contributed by atoms with Gasteiger partial charge >= 0.3 is 5.97 Å². The van der Waals surface area contributed by atoms with Gasteiger partial charge in [-0.2, -0.15) is 5.90 Å². The van der Waals surface area contributed by atoms with Crippen LogP contribution in [0.3, 0.4) is 0 Å². The van der Waals surface area contributed by atoms with Gasteiger partial charge in [0.25, 0.3) is 0 Å². The molecule has 1 saturated heterocycles. The zero-order valence-corrected chi connectivity index (χ0v) is 19.2. The first-order chi connectivity index (χ1) is 14.8. The van der Waals surface area contributed by atoms with E-state index in [0.29, 0.717) is 25.4 Å². The van der Waals surface area contributed by atoms with Crippen molar-refractivity contribution in [2.45, 2.75) is 29.0 Å². The number of terminal acetylenes is 1. The van der Waals surface area contributed by atoms with Crippen molar-refractivity contribution in [1.82, 2.24) is 4.90 Å². The topological polar surface area (TPSA) is 98.9 Å². The Balaban J connectivity index is 1.80. The van der Waals surface area contributed by atoms with E-state index >= 15 is 0 Å². The molecule has 1 heterocycles. The van der Waals surface area contributed by atoms with Crippen molar-refractivity contribution < 1.29 is 22.8 Å². The van der Waals surface area contributed by atoms with E-state index in [0.717, 1.165) is 10.0 Å². The molecule has 2 aromatic carbocycles. The van der Waals surface area contributed by atoms with Gasteiger partial charge in [-0.25, -0.2) is 13.2 Å². The van der Waals surface area contributed by atoms with Crippen molar-refractivity contribution in [3.8, 4) is 18.1 Å². The van der Waals surface area contributed by atoms with E-state index in [1.807, 2.05) is 24.3 Å². The lowest BCUT2D eigenvalue weighted by molar-refractivity contribution is -0.148. The highest BCUT2D eigenvalue weighted by Crippen LogP contribution is 2.37. The molecule has 1 aliphatic heterocycles. The molecule has 0 radical (unpaired) electrons. The predicted octanol–water partition coefficient (Wildman–Crippen LogP) is 2.69. The standard InChI is InChI=1S/C22H23BrN2O5S/c1-2-15-29-19-7-9-20(10-8-19)31(27,28)22(21(26)30-24)11-13-25(14-12-22)16-17-3-5-18(23)6-4-17/h1,3-10H,11-16,24H2. The average Bonchev–Trinajstić information content (AvgIpc) is 2.79. The SMILES string of the molecule is C#CCOc1ccc(S(=O)(=O)C2(C(=O)ON)CCN(Cc3ccc(Br)cc3)CC2)cc1. The lowest BCUT2D eigenvalue weighted by Gasteiger charge is -2.38. The number of nitrogens with two attached hydrogens (primary N) is 1. The smallest absolute Gasteiger partial charge is 0.346 e. The quantitative estimate of drug-likeness (QED) is 0.455. The highest BCUT2D eigenvalue weighted by molar-refractivity contribution is 9.10. The first-order valence-electron chi connectivity index (χ1n) is 9.61. The second kappa shape index (κ2) is 9.83. The Morgan fingerprint density at radius 2 is 1.74 bits per heavy atom. The zero-order valence-electron chi connectivity index (χ0n) is 16.8. The van der Waals surface area contributed by atoms with E-state index in [1.54, 1.807) is 0 Å². The van der Waals surface area contributed by atoms with E-state index in [4.69, 9.17) is 17.1 Å². The molecule has 0 saturated carbocycles. The number of hydrogen-bond donors (Lipinski definition) is 1. The number of likely N-dealkylation sites (tertiary alicyclic amines) is 1. The maximum absolute atomic E-state index is 13.5. The van der Waals surface area contributed by atoms with Crippen LogP contribution in [0.2, 0.25) is 0 Å². The normalized spacial score (nSPS) is 16.3. The van der Waals surface area contributed by atoms with Crippen molar-refractivity contribution in [2.24, 2.45) is 5.90 Å².